The second-order valence-corrected chi connectivity index (χ2v) is 7.85. The van der Waals surface area contributed by atoms with E-state index in [0.717, 1.165) is 6.42 Å². The van der Waals surface area contributed by atoms with Crippen molar-refractivity contribution < 1.29 is 17.9 Å². The Balaban J connectivity index is 2.07. The van der Waals surface area contributed by atoms with Crippen LogP contribution in [0, 0.1) is 5.41 Å². The Bertz CT molecular complexity index is 588. The highest BCUT2D eigenvalue weighted by Crippen LogP contribution is 2.32. The average molecular weight is 328 g/mol. The van der Waals surface area contributed by atoms with Crippen LogP contribution >= 0.6 is 0 Å². The maximum atomic E-state index is 12.6. The molecule has 1 saturated heterocycles. The van der Waals surface area contributed by atoms with Crippen molar-refractivity contribution in [1.82, 2.24) is 4.31 Å². The fourth-order valence-electron chi connectivity index (χ4n) is 2.45. The number of ether oxygens (including phenoxy) is 2. The summed E-state index contributed by atoms with van der Waals surface area (Å²) in [4.78, 5) is 0.285. The van der Waals surface area contributed by atoms with Crippen LogP contribution in [0.5, 0.6) is 5.75 Å². The van der Waals surface area contributed by atoms with E-state index in [-0.39, 0.29) is 10.3 Å². The largest absolute Gasteiger partial charge is 0.491 e. The SMILES string of the molecule is COCCOc1ccc(S(=O)(=O)N2CCC(C)(CN)C2)cc1. The molecule has 0 amide bonds. The molecular weight excluding hydrogens is 304 g/mol. The van der Waals surface area contributed by atoms with Gasteiger partial charge in [0.2, 0.25) is 10.0 Å². The van der Waals surface area contributed by atoms with Gasteiger partial charge >= 0.3 is 0 Å². The molecule has 0 aromatic heterocycles. The fraction of sp³-hybridized carbons (Fsp3) is 0.600. The van der Waals surface area contributed by atoms with Gasteiger partial charge in [0.25, 0.3) is 0 Å². The summed E-state index contributed by atoms with van der Waals surface area (Å²) in [6.07, 6.45) is 0.793. The van der Waals surface area contributed by atoms with Crippen LogP contribution < -0.4 is 10.5 Å². The van der Waals surface area contributed by atoms with E-state index in [4.69, 9.17) is 15.2 Å². The van der Waals surface area contributed by atoms with E-state index >= 15 is 0 Å². The van der Waals surface area contributed by atoms with E-state index in [1.165, 1.54) is 4.31 Å². The van der Waals surface area contributed by atoms with Gasteiger partial charge in [-0.25, -0.2) is 8.42 Å². The molecule has 7 heteroatoms. The third-order valence-corrected chi connectivity index (χ3v) is 5.89. The highest BCUT2D eigenvalue weighted by Gasteiger charge is 2.38. The number of nitrogens with two attached hydrogens (primary N) is 1. The normalized spacial score (nSPS) is 22.9. The lowest BCUT2D eigenvalue weighted by atomic mass is 9.90. The van der Waals surface area contributed by atoms with Crippen LogP contribution in [0.3, 0.4) is 0 Å². The molecule has 0 aliphatic carbocycles. The Morgan fingerprint density at radius 3 is 2.50 bits per heavy atom. The molecule has 1 aromatic carbocycles. The average Bonchev–Trinajstić information content (AvgIpc) is 2.92. The first-order chi connectivity index (χ1) is 10.4. The molecule has 1 unspecified atom stereocenters. The number of hydrogen-bond donors (Lipinski definition) is 1. The van der Waals surface area contributed by atoms with E-state index in [0.29, 0.717) is 38.6 Å². The molecule has 1 atom stereocenters. The van der Waals surface area contributed by atoms with E-state index in [1.54, 1.807) is 31.4 Å². The summed E-state index contributed by atoms with van der Waals surface area (Å²) in [6.45, 7) is 4.43. The van der Waals surface area contributed by atoms with Crippen molar-refractivity contribution in [2.24, 2.45) is 11.1 Å². The van der Waals surface area contributed by atoms with Crippen LogP contribution in [0.2, 0.25) is 0 Å². The molecule has 1 aliphatic heterocycles. The minimum atomic E-state index is -3.46. The van der Waals surface area contributed by atoms with Gasteiger partial charge in [-0.1, -0.05) is 6.92 Å². The molecule has 0 bridgehead atoms. The smallest absolute Gasteiger partial charge is 0.243 e. The van der Waals surface area contributed by atoms with Crippen LogP contribution in [-0.4, -0.2) is 52.7 Å². The van der Waals surface area contributed by atoms with Gasteiger partial charge in [0.15, 0.2) is 0 Å². The molecular formula is C15H24N2O4S. The van der Waals surface area contributed by atoms with E-state index in [9.17, 15) is 8.42 Å². The predicted molar refractivity (Wildman–Crippen MR) is 84.4 cm³/mol. The topological polar surface area (TPSA) is 81.9 Å². The zero-order chi connectivity index (χ0) is 16.2. The molecule has 0 radical (unpaired) electrons. The zero-order valence-corrected chi connectivity index (χ0v) is 13.9. The Morgan fingerprint density at radius 1 is 1.27 bits per heavy atom. The van der Waals surface area contributed by atoms with Gasteiger partial charge in [-0.15, -0.1) is 0 Å². The summed E-state index contributed by atoms with van der Waals surface area (Å²) >= 11 is 0. The van der Waals surface area contributed by atoms with Crippen molar-refractivity contribution >= 4 is 10.0 Å². The lowest BCUT2D eigenvalue weighted by Gasteiger charge is -2.22. The van der Waals surface area contributed by atoms with Crippen molar-refractivity contribution in [2.45, 2.75) is 18.2 Å². The summed E-state index contributed by atoms with van der Waals surface area (Å²) in [5.74, 6) is 0.629. The minimum Gasteiger partial charge on any atom is -0.491 e. The monoisotopic (exact) mass is 328 g/mol. The molecule has 2 N–H and O–H groups in total. The van der Waals surface area contributed by atoms with Gasteiger partial charge in [-0.2, -0.15) is 4.31 Å². The number of rotatable bonds is 7. The van der Waals surface area contributed by atoms with Gasteiger partial charge in [0.1, 0.15) is 12.4 Å². The van der Waals surface area contributed by atoms with Crippen LogP contribution in [0.4, 0.5) is 0 Å². The minimum absolute atomic E-state index is 0.129. The molecule has 22 heavy (non-hydrogen) atoms. The lowest BCUT2D eigenvalue weighted by molar-refractivity contribution is 0.146. The first kappa shape index (κ1) is 17.2. The number of benzene rings is 1. The molecule has 1 aliphatic rings. The Kier molecular flexibility index (Phi) is 5.44. The molecule has 1 fully saturated rings. The summed E-state index contributed by atoms with van der Waals surface area (Å²) in [6, 6.07) is 6.49. The maximum absolute atomic E-state index is 12.6. The molecule has 2 rings (SSSR count). The first-order valence-corrected chi connectivity index (χ1v) is 8.77. The van der Waals surface area contributed by atoms with Crippen molar-refractivity contribution in [2.75, 3.05) is 40.0 Å². The first-order valence-electron chi connectivity index (χ1n) is 7.33. The molecule has 1 aromatic rings. The van der Waals surface area contributed by atoms with Crippen LogP contribution in [-0.2, 0) is 14.8 Å². The Morgan fingerprint density at radius 2 is 1.95 bits per heavy atom. The van der Waals surface area contributed by atoms with Crippen LogP contribution in [0.1, 0.15) is 13.3 Å². The molecule has 0 spiro atoms. The summed E-state index contributed by atoms with van der Waals surface area (Å²) in [5, 5.41) is 0. The van der Waals surface area contributed by atoms with Crippen molar-refractivity contribution in [3.63, 3.8) is 0 Å². The number of methoxy groups -OCH3 is 1. The third kappa shape index (κ3) is 3.78. The van der Waals surface area contributed by atoms with Gasteiger partial charge in [-0.3, -0.25) is 0 Å². The van der Waals surface area contributed by atoms with Crippen molar-refractivity contribution in [1.29, 1.82) is 0 Å². The third-order valence-electron chi connectivity index (χ3n) is 4.03. The van der Waals surface area contributed by atoms with Crippen LogP contribution in [0.15, 0.2) is 29.2 Å². The van der Waals surface area contributed by atoms with Gasteiger partial charge in [0, 0.05) is 20.2 Å². The Labute approximate surface area is 132 Å². The fourth-order valence-corrected chi connectivity index (χ4v) is 4.04. The molecule has 6 nitrogen and oxygen atoms in total. The van der Waals surface area contributed by atoms with Crippen LogP contribution in [0.25, 0.3) is 0 Å². The number of nitrogens with zero attached hydrogens (tertiary/aromatic N) is 1. The molecule has 0 saturated carbocycles. The summed E-state index contributed by atoms with van der Waals surface area (Å²) < 4.78 is 37.1. The Hall–Kier alpha value is -1.15. The number of hydrogen-bond acceptors (Lipinski definition) is 5. The molecule has 1 heterocycles. The quantitative estimate of drug-likeness (QED) is 0.757. The second kappa shape index (κ2) is 6.95. The van der Waals surface area contributed by atoms with E-state index < -0.39 is 10.0 Å². The predicted octanol–water partition coefficient (Wildman–Crippen LogP) is 1.07. The van der Waals surface area contributed by atoms with E-state index in [2.05, 4.69) is 0 Å². The zero-order valence-electron chi connectivity index (χ0n) is 13.1. The lowest BCUT2D eigenvalue weighted by Crippen LogP contribution is -2.34. The van der Waals surface area contributed by atoms with Gasteiger partial charge < -0.3 is 15.2 Å². The molecule has 124 valence electrons. The van der Waals surface area contributed by atoms with Crippen molar-refractivity contribution in [3.8, 4) is 5.75 Å². The van der Waals surface area contributed by atoms with E-state index in [1.807, 2.05) is 6.92 Å². The van der Waals surface area contributed by atoms with Gasteiger partial charge in [-0.05, 0) is 42.6 Å². The second-order valence-electron chi connectivity index (χ2n) is 5.92. The summed E-state index contributed by atoms with van der Waals surface area (Å²) in [7, 11) is -1.86. The summed E-state index contributed by atoms with van der Waals surface area (Å²) in [5.41, 5.74) is 5.61. The number of sulfonamides is 1. The van der Waals surface area contributed by atoms with Crippen molar-refractivity contribution in [3.05, 3.63) is 24.3 Å². The maximum Gasteiger partial charge on any atom is 0.243 e. The highest BCUT2D eigenvalue weighted by molar-refractivity contribution is 7.89. The standard InChI is InChI=1S/C15H24N2O4S/c1-15(11-16)7-8-17(12-15)22(18,19)14-5-3-13(4-6-14)21-10-9-20-2/h3-6H,7-12,16H2,1-2H3. The highest BCUT2D eigenvalue weighted by atomic mass is 32.2. The van der Waals surface area contributed by atoms with Gasteiger partial charge in [0.05, 0.1) is 11.5 Å².